The van der Waals surface area contributed by atoms with Gasteiger partial charge in [-0.2, -0.15) is 0 Å². The van der Waals surface area contributed by atoms with E-state index in [4.69, 9.17) is 19.2 Å². The molecule has 2 aliphatic heterocycles. The predicted octanol–water partition coefficient (Wildman–Crippen LogP) is 6.82. The molecule has 1 saturated heterocycles. The van der Waals surface area contributed by atoms with Gasteiger partial charge in [-0.05, 0) is 73.0 Å². The van der Waals surface area contributed by atoms with E-state index in [1.807, 2.05) is 49.4 Å². The van der Waals surface area contributed by atoms with Gasteiger partial charge in [0.15, 0.2) is 5.13 Å². The Bertz CT molecular complexity index is 1690. The van der Waals surface area contributed by atoms with Crippen LogP contribution >= 0.6 is 11.3 Å². The Morgan fingerprint density at radius 1 is 1.07 bits per heavy atom. The molecule has 3 heterocycles. The third-order valence-corrected chi connectivity index (χ3v) is 8.63. The van der Waals surface area contributed by atoms with Crippen LogP contribution in [0.3, 0.4) is 0 Å². The molecule has 1 fully saturated rings. The number of hydrogen-bond donors (Lipinski definition) is 1. The van der Waals surface area contributed by atoms with Crippen molar-refractivity contribution in [3.8, 4) is 17.2 Å². The highest BCUT2D eigenvalue weighted by Gasteiger charge is 2.48. The fraction of sp³-hybridized carbons (Fsp3) is 0.303. The van der Waals surface area contributed by atoms with Gasteiger partial charge in [-0.15, -0.1) is 0 Å². The second-order valence-corrected chi connectivity index (χ2v) is 11.6. The van der Waals surface area contributed by atoms with Crippen LogP contribution in [0.4, 0.5) is 5.13 Å². The molecule has 1 aromatic heterocycles. The standard InChI is InChI=1S/C33H32N2O6S/c1-4-5-6-15-40-23-10-7-20(8-11-23)29-28(30(36)21-9-14-26-22(17-21)16-19(2)41-26)31(37)32(38)35(29)33-34-25-13-12-24(39-3)18-27(25)42-33/h7-14,17-19,29,36H,4-6,15-16H2,1-3H3/t19-,29-/m1/s1. The Morgan fingerprint density at radius 2 is 1.86 bits per heavy atom. The lowest BCUT2D eigenvalue weighted by Gasteiger charge is -2.23. The first-order valence-electron chi connectivity index (χ1n) is 14.2. The summed E-state index contributed by atoms with van der Waals surface area (Å²) < 4.78 is 17.9. The number of methoxy groups -OCH3 is 1. The van der Waals surface area contributed by atoms with Gasteiger partial charge >= 0.3 is 5.91 Å². The fourth-order valence-electron chi connectivity index (χ4n) is 5.48. The lowest BCUT2D eigenvalue weighted by Crippen LogP contribution is -2.29. The Balaban J connectivity index is 1.44. The molecule has 0 bridgehead atoms. The molecule has 1 amide bonds. The van der Waals surface area contributed by atoms with E-state index in [1.165, 1.54) is 16.2 Å². The normalized spacial score (nSPS) is 19.3. The lowest BCUT2D eigenvalue weighted by molar-refractivity contribution is -0.132. The molecule has 0 radical (unpaired) electrons. The highest BCUT2D eigenvalue weighted by molar-refractivity contribution is 7.22. The summed E-state index contributed by atoms with van der Waals surface area (Å²) in [6.07, 6.45) is 3.89. The van der Waals surface area contributed by atoms with Crippen LogP contribution in [0.15, 0.2) is 66.2 Å². The monoisotopic (exact) mass is 584 g/mol. The van der Waals surface area contributed by atoms with Crippen molar-refractivity contribution in [2.24, 2.45) is 0 Å². The number of ether oxygens (including phenoxy) is 3. The van der Waals surface area contributed by atoms with Crippen LogP contribution in [-0.4, -0.2) is 41.6 Å². The first-order chi connectivity index (χ1) is 20.4. The number of ketones is 1. The summed E-state index contributed by atoms with van der Waals surface area (Å²) in [7, 11) is 1.59. The van der Waals surface area contributed by atoms with Crippen LogP contribution in [0.2, 0.25) is 0 Å². The van der Waals surface area contributed by atoms with Crippen molar-refractivity contribution < 1.29 is 28.9 Å². The molecule has 42 heavy (non-hydrogen) atoms. The van der Waals surface area contributed by atoms with Crippen LogP contribution in [0.1, 0.15) is 55.8 Å². The van der Waals surface area contributed by atoms with E-state index in [1.54, 1.807) is 25.3 Å². The molecule has 6 rings (SSSR count). The van der Waals surface area contributed by atoms with Gasteiger partial charge < -0.3 is 19.3 Å². The maximum absolute atomic E-state index is 13.7. The van der Waals surface area contributed by atoms with Crippen molar-refractivity contribution in [2.75, 3.05) is 18.6 Å². The number of amides is 1. The van der Waals surface area contributed by atoms with Crippen molar-refractivity contribution in [1.29, 1.82) is 0 Å². The number of anilines is 1. The van der Waals surface area contributed by atoms with Gasteiger partial charge in [0.1, 0.15) is 29.1 Å². The van der Waals surface area contributed by atoms with Crippen molar-refractivity contribution in [3.05, 3.63) is 82.9 Å². The van der Waals surface area contributed by atoms with Gasteiger partial charge in [0.2, 0.25) is 0 Å². The third kappa shape index (κ3) is 5.09. The SMILES string of the molecule is CCCCCOc1ccc([C@@H]2C(=C(O)c3ccc4c(c3)C[C@@H](C)O4)C(=O)C(=O)N2c2nc3ccc(OC)cc3s2)cc1. The zero-order valence-corrected chi connectivity index (χ0v) is 24.6. The molecule has 8 nitrogen and oxygen atoms in total. The van der Waals surface area contributed by atoms with E-state index < -0.39 is 17.7 Å². The number of nitrogens with zero attached hydrogens (tertiary/aromatic N) is 2. The van der Waals surface area contributed by atoms with E-state index >= 15 is 0 Å². The highest BCUT2D eigenvalue weighted by Crippen LogP contribution is 2.45. The van der Waals surface area contributed by atoms with Gasteiger partial charge in [-0.1, -0.05) is 43.2 Å². The maximum atomic E-state index is 13.7. The lowest BCUT2D eigenvalue weighted by atomic mass is 9.94. The summed E-state index contributed by atoms with van der Waals surface area (Å²) in [5.74, 6) is 0.388. The number of carbonyl (C=O) groups is 2. The van der Waals surface area contributed by atoms with Gasteiger partial charge in [-0.3, -0.25) is 14.5 Å². The minimum atomic E-state index is -0.884. The number of carbonyl (C=O) groups excluding carboxylic acids is 2. The number of thiazole rings is 1. The molecule has 0 aliphatic carbocycles. The topological polar surface area (TPSA) is 98.2 Å². The average Bonchev–Trinajstić information content (AvgIpc) is 3.66. The second kappa shape index (κ2) is 11.5. The number of fused-ring (bicyclic) bond motifs is 2. The van der Waals surface area contributed by atoms with E-state index in [0.29, 0.717) is 46.3 Å². The molecular weight excluding hydrogens is 552 g/mol. The number of unbranched alkanes of at least 4 members (excludes halogenated alkanes) is 2. The summed E-state index contributed by atoms with van der Waals surface area (Å²) in [6, 6.07) is 17.3. The predicted molar refractivity (Wildman–Crippen MR) is 163 cm³/mol. The number of aromatic nitrogens is 1. The summed E-state index contributed by atoms with van der Waals surface area (Å²) in [6.45, 7) is 4.74. The molecule has 216 valence electrons. The molecule has 2 atom stereocenters. The smallest absolute Gasteiger partial charge is 0.301 e. The molecule has 0 saturated carbocycles. The molecular formula is C33H32N2O6S. The molecule has 2 aliphatic rings. The van der Waals surface area contributed by atoms with Gasteiger partial charge in [0.25, 0.3) is 5.78 Å². The van der Waals surface area contributed by atoms with Crippen LogP contribution in [-0.2, 0) is 16.0 Å². The molecule has 0 unspecified atom stereocenters. The summed E-state index contributed by atoms with van der Waals surface area (Å²) in [5.41, 5.74) is 2.76. The number of aliphatic hydroxyl groups is 1. The maximum Gasteiger partial charge on any atom is 0.301 e. The van der Waals surface area contributed by atoms with Crippen molar-refractivity contribution in [3.63, 3.8) is 0 Å². The van der Waals surface area contributed by atoms with E-state index in [-0.39, 0.29) is 17.4 Å². The zero-order valence-electron chi connectivity index (χ0n) is 23.8. The molecule has 1 N–H and O–H groups in total. The Labute approximate surface area is 248 Å². The van der Waals surface area contributed by atoms with E-state index in [9.17, 15) is 14.7 Å². The Morgan fingerprint density at radius 3 is 2.62 bits per heavy atom. The van der Waals surface area contributed by atoms with Crippen molar-refractivity contribution >= 4 is 44.1 Å². The molecule has 4 aromatic rings. The van der Waals surface area contributed by atoms with Crippen LogP contribution < -0.4 is 19.1 Å². The fourth-order valence-corrected chi connectivity index (χ4v) is 6.50. The largest absolute Gasteiger partial charge is 0.507 e. The number of rotatable bonds is 9. The average molecular weight is 585 g/mol. The second-order valence-electron chi connectivity index (χ2n) is 10.6. The van der Waals surface area contributed by atoms with Gasteiger partial charge in [-0.25, -0.2) is 4.98 Å². The van der Waals surface area contributed by atoms with Crippen LogP contribution in [0.5, 0.6) is 17.2 Å². The third-order valence-electron chi connectivity index (χ3n) is 7.62. The minimum Gasteiger partial charge on any atom is -0.507 e. The zero-order chi connectivity index (χ0) is 29.4. The van der Waals surface area contributed by atoms with Gasteiger partial charge in [0, 0.05) is 12.0 Å². The summed E-state index contributed by atoms with van der Waals surface area (Å²) in [4.78, 5) is 33.4. The number of aliphatic hydroxyl groups excluding tert-OH is 1. The quantitative estimate of drug-likeness (QED) is 0.0997. The Hall–Kier alpha value is -4.37. The highest BCUT2D eigenvalue weighted by atomic mass is 32.1. The molecule has 9 heteroatoms. The van der Waals surface area contributed by atoms with Crippen molar-refractivity contribution in [1.82, 2.24) is 4.98 Å². The first kappa shape index (κ1) is 27.8. The Kier molecular flexibility index (Phi) is 7.60. The number of Topliss-reactive ketones (excluding diaryl/α,β-unsaturated/α-hetero) is 1. The summed E-state index contributed by atoms with van der Waals surface area (Å²) >= 11 is 1.29. The summed E-state index contributed by atoms with van der Waals surface area (Å²) in [5, 5.41) is 12.0. The van der Waals surface area contributed by atoms with Crippen LogP contribution in [0.25, 0.3) is 16.0 Å². The van der Waals surface area contributed by atoms with Crippen LogP contribution in [0, 0.1) is 0 Å². The van der Waals surface area contributed by atoms with E-state index in [0.717, 1.165) is 35.3 Å². The first-order valence-corrected chi connectivity index (χ1v) is 15.0. The van der Waals surface area contributed by atoms with Gasteiger partial charge in [0.05, 0.1) is 35.5 Å². The van der Waals surface area contributed by atoms with Crippen molar-refractivity contribution in [2.45, 2.75) is 51.7 Å². The number of hydrogen-bond acceptors (Lipinski definition) is 8. The number of benzene rings is 3. The minimum absolute atomic E-state index is 0.0142. The van der Waals surface area contributed by atoms with E-state index in [2.05, 4.69) is 6.92 Å². The molecule has 0 spiro atoms. The molecule has 3 aromatic carbocycles.